The van der Waals surface area contributed by atoms with E-state index >= 15 is 0 Å². The molecule has 41 heteroatoms. The third kappa shape index (κ3) is 36.2. The third-order valence-corrected chi connectivity index (χ3v) is 23.9. The van der Waals surface area contributed by atoms with E-state index < -0.39 is 284 Å². The van der Waals surface area contributed by atoms with Crippen LogP contribution >= 0.6 is 0 Å². The first-order chi connectivity index (χ1) is 58.7. The maximum Gasteiger partial charge on any atom is 1.00 e. The molecule has 6 rings (SSSR count). The number of allylic oxidation sites excluding steroid dienone is 1. The SMILES string of the molecule is CCCCCCCCCCCCC/C=C/C(O)C(COC1OC(CO)C(OC2OC(CO)C(OC3OC(CO)C(O)C(OC4OC(CO)C(O)C(OC5(C)CC(O)C(NC(C)=O)C([C@H](O)[C@H](O)CO)O5)C4O)C3NC(C)=O)C(OC3(C)CC(O)C(NC(C)=O)C([C@H](O)[C@H](O)CO)O3)C2O)C(O)C1O)NC(=O)CCCCCCCCCCCCCCCCC.[Na+].[Na+]. The standard InChI is InChI=1S/C84H152N4O35.2Na/c1-8-10-12-14-16-18-20-22-23-25-27-29-31-33-35-37-60(103)88-50(51(98)36-34-32-30-28-26-24-21-19-17-15-13-11-9-2)46-112-80-69(109)68(108)72(58(44-93)115-80)117-82-71(111)78(123-84(7)39-53(100)62(86-48(4)96)76(121-84)65(105)55(102)41-90)73(59(45-94)116-82)118-79-63(87-49(5)97)74(66(106)56(42-91)113-79)119-81-70(110)77(67(107)57(43-92)114-81)122-83(6)38-52(99)61(85-47(3)95)75(120-83)64(104)54(101)40-89;;/h34,36,50-59,61-82,89-94,98-102,104-111H,8-33,35,37-46H2,1-7H3,(H,85,95)(H,86,96)(H,87,97)(H,88,103);;/q;2*+1/b36-34+;;/t50?,51?,52?,53?,54-,55-,56?,57?,58?,59?,61?,62?,63?,64-,65-,66?,67?,68?,69?,70?,71?,72?,73?,74?,75?,76?,77?,78?,79?,80?,81?,82?,83?,84?;;/m1../s1. The second kappa shape index (κ2) is 60.0. The van der Waals surface area contributed by atoms with Crippen LogP contribution < -0.4 is 80.4 Å². The Morgan fingerprint density at radius 2 is 0.776 bits per heavy atom. The Morgan fingerprint density at radius 1 is 0.416 bits per heavy atom. The molecule has 0 saturated carbocycles. The number of nitrogens with one attached hydrogen (secondary N) is 4. The number of rotatable bonds is 57. The zero-order valence-corrected chi connectivity index (χ0v) is 78.8. The van der Waals surface area contributed by atoms with Crippen LogP contribution in [-0.4, -0.2) is 374 Å². The van der Waals surface area contributed by atoms with Crippen molar-refractivity contribution in [2.24, 2.45) is 0 Å². The van der Waals surface area contributed by atoms with Crippen molar-refractivity contribution in [1.82, 2.24) is 21.3 Å². The van der Waals surface area contributed by atoms with E-state index in [0.717, 1.165) is 85.5 Å². The van der Waals surface area contributed by atoms with Gasteiger partial charge in [-0.2, -0.15) is 0 Å². The Kier molecular flexibility index (Phi) is 55.5. The molecule has 4 amide bonds. The summed E-state index contributed by atoms with van der Waals surface area (Å²) in [5.74, 6) is -7.35. The molecule has 0 spiro atoms. The quantitative estimate of drug-likeness (QED) is 0.0153. The Labute approximate surface area is 778 Å². The van der Waals surface area contributed by atoms with E-state index in [2.05, 4.69) is 35.1 Å². The zero-order chi connectivity index (χ0) is 90.7. The average Bonchev–Trinajstić information content (AvgIpc) is 0.758. The molecular formula is C84H152N4Na2O35+2. The van der Waals surface area contributed by atoms with Gasteiger partial charge in [0.2, 0.25) is 23.6 Å². The smallest absolute Gasteiger partial charge is 0.394 e. The van der Waals surface area contributed by atoms with Crippen molar-refractivity contribution in [3.63, 3.8) is 0 Å². The summed E-state index contributed by atoms with van der Waals surface area (Å²) in [7, 11) is 0. The molecule has 6 aliphatic rings. The molecule has 0 aromatic heterocycles. The van der Waals surface area contributed by atoms with Gasteiger partial charge in [0, 0.05) is 40.0 Å². The summed E-state index contributed by atoms with van der Waals surface area (Å²) < 4.78 is 74.7. The van der Waals surface area contributed by atoms with Crippen molar-refractivity contribution in [3.05, 3.63) is 12.2 Å². The number of ether oxygens (including phenoxy) is 12. The molecule has 30 unspecified atom stereocenters. The second-order valence-electron chi connectivity index (χ2n) is 34.4. The summed E-state index contributed by atoms with van der Waals surface area (Å²) >= 11 is 0. The Hall–Kier alpha value is -1.62. The fourth-order valence-corrected chi connectivity index (χ4v) is 17.0. The van der Waals surface area contributed by atoms with Crippen molar-refractivity contribution in [2.45, 2.75) is 448 Å². The molecule has 6 heterocycles. The van der Waals surface area contributed by atoms with Gasteiger partial charge < -0.3 is 175 Å². The van der Waals surface area contributed by atoms with Gasteiger partial charge in [-0.3, -0.25) is 19.2 Å². The summed E-state index contributed by atoms with van der Waals surface area (Å²) in [6.45, 7) is 2.93. The van der Waals surface area contributed by atoms with Gasteiger partial charge in [-0.25, -0.2) is 0 Å². The van der Waals surface area contributed by atoms with Crippen LogP contribution in [0.2, 0.25) is 0 Å². The minimum atomic E-state index is -2.38. The van der Waals surface area contributed by atoms with E-state index in [-0.39, 0.29) is 71.4 Å². The molecule has 0 aromatic rings. The van der Waals surface area contributed by atoms with Crippen LogP contribution in [0.1, 0.15) is 241 Å². The molecule has 34 atom stereocenters. The van der Waals surface area contributed by atoms with E-state index in [9.17, 15) is 116 Å². The Bertz CT molecular complexity index is 3000. The number of hydrogen-bond acceptors (Lipinski definition) is 35. The van der Waals surface area contributed by atoms with Gasteiger partial charge in [0.1, 0.15) is 134 Å². The molecular weight excluding hydrogens is 1670 g/mol. The van der Waals surface area contributed by atoms with Gasteiger partial charge in [0.05, 0.1) is 82.7 Å². The molecule has 0 bridgehead atoms. The summed E-state index contributed by atoms with van der Waals surface area (Å²) in [4.78, 5) is 52.1. The maximum absolute atomic E-state index is 13.7. The van der Waals surface area contributed by atoms with Crippen LogP contribution in [0, 0.1) is 0 Å². The van der Waals surface area contributed by atoms with Gasteiger partial charge in [-0.15, -0.1) is 0 Å². The fraction of sp³-hybridized carbons (Fsp3) is 0.929. The molecule has 6 aliphatic heterocycles. The molecule has 23 N–H and O–H groups in total. The predicted octanol–water partition coefficient (Wildman–Crippen LogP) is -7.99. The normalized spacial score (nSPS) is 35.4. The van der Waals surface area contributed by atoms with Crippen LogP contribution in [0.5, 0.6) is 0 Å². The van der Waals surface area contributed by atoms with Gasteiger partial charge >= 0.3 is 59.1 Å². The number of carbonyl (C=O) groups is 4. The van der Waals surface area contributed by atoms with Crippen molar-refractivity contribution in [3.8, 4) is 0 Å². The van der Waals surface area contributed by atoms with Crippen LogP contribution in [-0.2, 0) is 76.0 Å². The molecule has 39 nitrogen and oxygen atoms in total. The number of carbonyl (C=O) groups excluding carboxylic acids is 4. The predicted molar refractivity (Wildman–Crippen MR) is 436 cm³/mol. The molecule has 125 heavy (non-hydrogen) atoms. The summed E-state index contributed by atoms with van der Waals surface area (Å²) in [6, 6.07) is -6.06. The first-order valence-corrected chi connectivity index (χ1v) is 44.9. The molecule has 0 aliphatic carbocycles. The summed E-state index contributed by atoms with van der Waals surface area (Å²) in [5, 5.41) is 226. The minimum absolute atomic E-state index is 0. The number of amides is 4. The van der Waals surface area contributed by atoms with Crippen LogP contribution in [0.25, 0.3) is 0 Å². The first-order valence-electron chi connectivity index (χ1n) is 44.9. The van der Waals surface area contributed by atoms with E-state index in [1.54, 1.807) is 6.08 Å². The fourth-order valence-electron chi connectivity index (χ4n) is 17.0. The number of unbranched alkanes of at least 4 members (excludes halogenated alkanes) is 25. The number of aliphatic hydroxyl groups excluding tert-OH is 19. The van der Waals surface area contributed by atoms with E-state index in [1.165, 1.54) is 110 Å². The third-order valence-electron chi connectivity index (χ3n) is 23.9. The van der Waals surface area contributed by atoms with E-state index in [0.29, 0.717) is 12.8 Å². The zero-order valence-electron chi connectivity index (χ0n) is 74.8. The number of hydrogen-bond donors (Lipinski definition) is 23. The molecule has 0 radical (unpaired) electrons. The Morgan fingerprint density at radius 3 is 1.21 bits per heavy atom. The maximum atomic E-state index is 13.7. The Balaban J connectivity index is 0.0000164. The molecule has 6 saturated heterocycles. The van der Waals surface area contributed by atoms with E-state index in [1.807, 2.05) is 6.08 Å². The van der Waals surface area contributed by atoms with Gasteiger partial charge in [-0.1, -0.05) is 180 Å². The largest absolute Gasteiger partial charge is 1.00 e. The summed E-state index contributed by atoms with van der Waals surface area (Å²) in [5.41, 5.74) is 0. The van der Waals surface area contributed by atoms with Crippen LogP contribution in [0.4, 0.5) is 0 Å². The molecule has 0 aromatic carbocycles. The molecule has 718 valence electrons. The second-order valence-corrected chi connectivity index (χ2v) is 34.4. The van der Waals surface area contributed by atoms with Gasteiger partial charge in [0.15, 0.2) is 36.7 Å². The van der Waals surface area contributed by atoms with Crippen molar-refractivity contribution < 1.29 is 232 Å². The van der Waals surface area contributed by atoms with Crippen LogP contribution in [0.3, 0.4) is 0 Å². The minimum Gasteiger partial charge on any atom is -0.394 e. The van der Waals surface area contributed by atoms with Crippen molar-refractivity contribution in [2.75, 3.05) is 46.2 Å². The first kappa shape index (κ1) is 116. The van der Waals surface area contributed by atoms with Crippen molar-refractivity contribution >= 4 is 23.6 Å². The monoisotopic (exact) mass is 1820 g/mol. The van der Waals surface area contributed by atoms with Gasteiger partial charge in [-0.05, 0) is 33.1 Å². The average molecular weight is 1820 g/mol. The van der Waals surface area contributed by atoms with Crippen molar-refractivity contribution in [1.29, 1.82) is 0 Å². The van der Waals surface area contributed by atoms with Gasteiger partial charge in [0.25, 0.3) is 0 Å². The topological polar surface area (TPSA) is 612 Å². The number of aliphatic hydroxyl groups is 19. The van der Waals surface area contributed by atoms with Crippen LogP contribution in [0.15, 0.2) is 12.2 Å². The summed E-state index contributed by atoms with van der Waals surface area (Å²) in [6.07, 6.45) is -22.8. The van der Waals surface area contributed by atoms with E-state index in [4.69, 9.17) is 56.8 Å². The molecule has 6 fully saturated rings.